The smallest absolute Gasteiger partial charge is 0.138 e. The number of hydrogen-bond acceptors (Lipinski definition) is 2. The lowest BCUT2D eigenvalue weighted by Gasteiger charge is -2.11. The van der Waals surface area contributed by atoms with Crippen molar-refractivity contribution >= 4 is 5.78 Å². The molecule has 0 aromatic heterocycles. The Balaban J connectivity index is 2.56. The van der Waals surface area contributed by atoms with Gasteiger partial charge in [0.25, 0.3) is 0 Å². The van der Waals surface area contributed by atoms with Crippen LogP contribution in [0.1, 0.15) is 25.8 Å². The van der Waals surface area contributed by atoms with Gasteiger partial charge in [0.1, 0.15) is 17.4 Å². The van der Waals surface area contributed by atoms with Crippen LogP contribution >= 0.6 is 0 Å². The molecule has 4 heteroatoms. The van der Waals surface area contributed by atoms with E-state index in [0.29, 0.717) is 6.42 Å². The van der Waals surface area contributed by atoms with Crippen LogP contribution in [0.15, 0.2) is 18.2 Å². The van der Waals surface area contributed by atoms with Crippen molar-refractivity contribution in [2.45, 2.75) is 32.7 Å². The first-order valence-electron chi connectivity index (χ1n) is 5.72. The van der Waals surface area contributed by atoms with Crippen molar-refractivity contribution < 1.29 is 13.6 Å². The van der Waals surface area contributed by atoms with Gasteiger partial charge in [-0.25, -0.2) is 8.78 Å². The van der Waals surface area contributed by atoms with E-state index in [2.05, 4.69) is 5.32 Å². The summed E-state index contributed by atoms with van der Waals surface area (Å²) in [5.41, 5.74) is 0.250. The molecule has 1 rings (SSSR count). The summed E-state index contributed by atoms with van der Waals surface area (Å²) >= 11 is 0. The molecule has 0 aliphatic heterocycles. The van der Waals surface area contributed by atoms with Crippen molar-refractivity contribution in [3.63, 3.8) is 0 Å². The molecule has 1 aromatic rings. The van der Waals surface area contributed by atoms with Gasteiger partial charge in [0.15, 0.2) is 0 Å². The predicted octanol–water partition coefficient (Wildman–Crippen LogP) is 2.46. The summed E-state index contributed by atoms with van der Waals surface area (Å²) in [6.45, 7) is 4.66. The molecular weight excluding hydrogens is 224 g/mol. The molecule has 0 amide bonds. The molecule has 0 saturated carbocycles. The summed E-state index contributed by atoms with van der Waals surface area (Å²) < 4.78 is 25.9. The van der Waals surface area contributed by atoms with Crippen molar-refractivity contribution in [3.8, 4) is 0 Å². The fourth-order valence-corrected chi connectivity index (χ4v) is 1.71. The van der Waals surface area contributed by atoms with E-state index >= 15 is 0 Å². The van der Waals surface area contributed by atoms with Crippen LogP contribution in [-0.4, -0.2) is 18.4 Å². The highest BCUT2D eigenvalue weighted by Crippen LogP contribution is 2.11. The normalized spacial score (nSPS) is 12.5. The zero-order valence-corrected chi connectivity index (χ0v) is 10.1. The van der Waals surface area contributed by atoms with Crippen molar-refractivity contribution in [1.29, 1.82) is 0 Å². The molecule has 1 N–H and O–H groups in total. The largest absolute Gasteiger partial charge is 0.314 e. The van der Waals surface area contributed by atoms with Crippen molar-refractivity contribution in [3.05, 3.63) is 35.4 Å². The Hall–Kier alpha value is -1.29. The van der Waals surface area contributed by atoms with E-state index in [1.807, 2.05) is 13.8 Å². The summed E-state index contributed by atoms with van der Waals surface area (Å²) in [7, 11) is 0. The van der Waals surface area contributed by atoms with Gasteiger partial charge in [-0.05, 0) is 25.1 Å². The predicted molar refractivity (Wildman–Crippen MR) is 62.8 cm³/mol. The van der Waals surface area contributed by atoms with Gasteiger partial charge in [-0.2, -0.15) is 0 Å². The summed E-state index contributed by atoms with van der Waals surface area (Å²) in [5, 5.41) is 3.11. The molecule has 2 nitrogen and oxygen atoms in total. The second-order valence-corrected chi connectivity index (χ2v) is 4.11. The Morgan fingerprint density at radius 1 is 1.41 bits per heavy atom. The maximum absolute atomic E-state index is 13.3. The maximum Gasteiger partial charge on any atom is 0.138 e. The van der Waals surface area contributed by atoms with Crippen molar-refractivity contribution in [2.75, 3.05) is 6.54 Å². The Morgan fingerprint density at radius 3 is 2.71 bits per heavy atom. The molecule has 1 atom stereocenters. The standard InChI is InChI=1S/C13H17F2NO/c1-3-16-9(2)6-12(17)7-10-4-5-11(14)8-13(10)15/h4-5,8-9,16H,3,6-7H2,1-2H3. The summed E-state index contributed by atoms with van der Waals surface area (Å²) in [6.07, 6.45) is 0.368. The van der Waals surface area contributed by atoms with Crippen molar-refractivity contribution in [1.82, 2.24) is 5.32 Å². The molecule has 0 bridgehead atoms. The Labute approximate surface area is 100 Å². The zero-order valence-electron chi connectivity index (χ0n) is 10.1. The molecular formula is C13H17F2NO. The molecule has 1 aromatic carbocycles. The Kier molecular flexibility index (Phi) is 5.22. The quantitative estimate of drug-likeness (QED) is 0.829. The summed E-state index contributed by atoms with van der Waals surface area (Å²) in [6, 6.07) is 3.37. The van der Waals surface area contributed by atoms with Crippen LogP contribution in [0.4, 0.5) is 8.78 Å². The third-order valence-electron chi connectivity index (χ3n) is 2.49. The number of carbonyl (C=O) groups excluding carboxylic acids is 1. The molecule has 1 unspecified atom stereocenters. The number of hydrogen-bond donors (Lipinski definition) is 1. The highest BCUT2D eigenvalue weighted by atomic mass is 19.1. The minimum Gasteiger partial charge on any atom is -0.314 e. The maximum atomic E-state index is 13.3. The molecule has 0 saturated heterocycles. The van der Waals surface area contributed by atoms with E-state index in [1.54, 1.807) is 0 Å². The number of rotatable bonds is 6. The number of benzene rings is 1. The van der Waals surface area contributed by atoms with Crippen LogP contribution in [0.5, 0.6) is 0 Å². The minimum absolute atomic E-state index is 0.0157. The zero-order chi connectivity index (χ0) is 12.8. The average molecular weight is 241 g/mol. The first kappa shape index (κ1) is 13.8. The molecule has 0 radical (unpaired) electrons. The molecule has 94 valence electrons. The minimum atomic E-state index is -0.658. The number of halogens is 2. The molecule has 0 heterocycles. The first-order chi connectivity index (χ1) is 8.02. The van der Waals surface area contributed by atoms with Crippen molar-refractivity contribution in [2.24, 2.45) is 0 Å². The van der Waals surface area contributed by atoms with E-state index in [-0.39, 0.29) is 23.8 Å². The molecule has 0 aliphatic rings. The molecule has 0 fully saturated rings. The van der Waals surface area contributed by atoms with Crippen LogP contribution in [0.3, 0.4) is 0 Å². The Morgan fingerprint density at radius 2 is 2.12 bits per heavy atom. The van der Waals surface area contributed by atoms with Crippen LogP contribution in [0.2, 0.25) is 0 Å². The number of carbonyl (C=O) groups is 1. The van der Waals surface area contributed by atoms with Crippen LogP contribution in [0.25, 0.3) is 0 Å². The Bertz CT molecular complexity index is 393. The van der Waals surface area contributed by atoms with Gasteiger partial charge < -0.3 is 5.32 Å². The van der Waals surface area contributed by atoms with E-state index in [0.717, 1.165) is 12.6 Å². The molecule has 0 spiro atoms. The van der Waals surface area contributed by atoms with Crippen LogP contribution in [0, 0.1) is 11.6 Å². The van der Waals surface area contributed by atoms with Crippen LogP contribution in [-0.2, 0) is 11.2 Å². The second-order valence-electron chi connectivity index (χ2n) is 4.11. The highest BCUT2D eigenvalue weighted by Gasteiger charge is 2.12. The lowest BCUT2D eigenvalue weighted by Crippen LogP contribution is -2.28. The van der Waals surface area contributed by atoms with Gasteiger partial charge >= 0.3 is 0 Å². The topological polar surface area (TPSA) is 29.1 Å². The second kappa shape index (κ2) is 6.45. The third-order valence-corrected chi connectivity index (χ3v) is 2.49. The van der Waals surface area contributed by atoms with E-state index in [9.17, 15) is 13.6 Å². The van der Waals surface area contributed by atoms with Gasteiger partial charge in [0.2, 0.25) is 0 Å². The average Bonchev–Trinajstić information content (AvgIpc) is 2.22. The monoisotopic (exact) mass is 241 g/mol. The van der Waals surface area contributed by atoms with E-state index in [1.165, 1.54) is 12.1 Å². The van der Waals surface area contributed by atoms with Gasteiger partial charge in [0, 0.05) is 24.9 Å². The fourth-order valence-electron chi connectivity index (χ4n) is 1.71. The summed E-state index contributed by atoms with van der Waals surface area (Å²) in [4.78, 5) is 11.6. The van der Waals surface area contributed by atoms with Gasteiger partial charge in [-0.3, -0.25) is 4.79 Å². The number of Topliss-reactive ketones (excluding diaryl/α,β-unsaturated/α-hetero) is 1. The van der Waals surface area contributed by atoms with E-state index < -0.39 is 11.6 Å². The van der Waals surface area contributed by atoms with E-state index in [4.69, 9.17) is 0 Å². The summed E-state index contributed by atoms with van der Waals surface area (Å²) in [5.74, 6) is -1.34. The third kappa shape index (κ3) is 4.61. The lowest BCUT2D eigenvalue weighted by atomic mass is 10.0. The SMILES string of the molecule is CCNC(C)CC(=O)Cc1ccc(F)cc1F. The van der Waals surface area contributed by atoms with Gasteiger partial charge in [-0.1, -0.05) is 13.0 Å². The number of ketones is 1. The van der Waals surface area contributed by atoms with Gasteiger partial charge in [0.05, 0.1) is 0 Å². The van der Waals surface area contributed by atoms with Gasteiger partial charge in [-0.15, -0.1) is 0 Å². The molecule has 17 heavy (non-hydrogen) atoms. The first-order valence-corrected chi connectivity index (χ1v) is 5.72. The fraction of sp³-hybridized carbons (Fsp3) is 0.462. The number of nitrogens with one attached hydrogen (secondary N) is 1. The van der Waals surface area contributed by atoms with Crippen LogP contribution < -0.4 is 5.32 Å². The highest BCUT2D eigenvalue weighted by molar-refractivity contribution is 5.81. The molecule has 0 aliphatic carbocycles. The lowest BCUT2D eigenvalue weighted by molar-refractivity contribution is -0.118.